The number of pyridine rings is 1. The predicted octanol–water partition coefficient (Wildman–Crippen LogP) is 1.75. The molecule has 1 aromatic rings. The molecule has 0 saturated heterocycles. The van der Waals surface area contributed by atoms with Crippen molar-refractivity contribution in [1.82, 2.24) is 4.98 Å². The maximum Gasteiger partial charge on any atom is 0.340 e. The number of nitrogens with one attached hydrogen (secondary N) is 1. The van der Waals surface area contributed by atoms with Gasteiger partial charge in [0.15, 0.2) is 0 Å². The van der Waals surface area contributed by atoms with Crippen molar-refractivity contribution in [2.45, 2.75) is 6.43 Å². The van der Waals surface area contributed by atoms with Crippen molar-refractivity contribution < 1.29 is 18.3 Å². The van der Waals surface area contributed by atoms with Gasteiger partial charge in [-0.3, -0.25) is 4.79 Å². The minimum absolute atomic E-state index is 0.598. The second-order valence-corrected chi connectivity index (χ2v) is 2.93. The fraction of sp³-hybridized carbons (Fsp3) is 0.250. The first-order valence-corrected chi connectivity index (χ1v) is 4.14. The first-order chi connectivity index (χ1) is 6.99. The van der Waals surface area contributed by atoms with Crippen molar-refractivity contribution in [2.75, 3.05) is 7.11 Å². The van der Waals surface area contributed by atoms with E-state index >= 15 is 0 Å². The van der Waals surface area contributed by atoms with Gasteiger partial charge in [-0.2, -0.15) is 0 Å². The number of carbonyl (C=O) groups is 1. The second kappa shape index (κ2) is 4.39. The van der Waals surface area contributed by atoms with E-state index in [1.54, 1.807) is 0 Å². The summed E-state index contributed by atoms with van der Waals surface area (Å²) in [5.41, 5.74) is -2.08. The van der Waals surface area contributed by atoms with E-state index in [0.717, 1.165) is 13.3 Å². The highest BCUT2D eigenvalue weighted by Gasteiger charge is 2.24. The molecular weight excluding hydrogens is 232 g/mol. The Balaban J connectivity index is 3.48. The van der Waals surface area contributed by atoms with Gasteiger partial charge in [0, 0.05) is 6.20 Å². The lowest BCUT2D eigenvalue weighted by Gasteiger charge is -2.07. The summed E-state index contributed by atoms with van der Waals surface area (Å²) in [5, 5.41) is -0.598. The minimum atomic E-state index is -2.92. The number of esters is 1. The number of aromatic nitrogens is 1. The number of hydrogen-bond acceptors (Lipinski definition) is 3. The monoisotopic (exact) mass is 237 g/mol. The van der Waals surface area contributed by atoms with Gasteiger partial charge in [-0.1, -0.05) is 11.6 Å². The van der Waals surface area contributed by atoms with Crippen LogP contribution < -0.4 is 5.56 Å². The highest BCUT2D eigenvalue weighted by Crippen LogP contribution is 2.25. The molecule has 0 aromatic carbocycles. The van der Waals surface area contributed by atoms with Crippen molar-refractivity contribution in [3.8, 4) is 0 Å². The molecule has 82 valence electrons. The molecule has 7 heteroatoms. The van der Waals surface area contributed by atoms with Gasteiger partial charge >= 0.3 is 5.97 Å². The fourth-order valence-electron chi connectivity index (χ4n) is 1.00. The lowest BCUT2D eigenvalue weighted by atomic mass is 10.1. The van der Waals surface area contributed by atoms with E-state index in [2.05, 4.69) is 4.74 Å². The van der Waals surface area contributed by atoms with Crippen LogP contribution in [0.4, 0.5) is 8.78 Å². The number of carbonyl (C=O) groups excluding carboxylic acids is 1. The van der Waals surface area contributed by atoms with Crippen molar-refractivity contribution in [2.24, 2.45) is 0 Å². The van der Waals surface area contributed by atoms with Gasteiger partial charge in [-0.05, 0) is 0 Å². The smallest absolute Gasteiger partial charge is 0.340 e. The largest absolute Gasteiger partial charge is 0.465 e. The second-order valence-electron chi connectivity index (χ2n) is 2.55. The Kier molecular flexibility index (Phi) is 3.41. The number of hydrogen-bond donors (Lipinski definition) is 1. The Labute approximate surface area is 87.8 Å². The standard InChI is InChI=1S/C8H6ClF2NO3/c1-15-8(14)4-3(6(10)11)2-12-7(13)5(4)9/h2,6H,1H3,(H,12,13). The van der Waals surface area contributed by atoms with E-state index in [9.17, 15) is 18.4 Å². The van der Waals surface area contributed by atoms with E-state index in [-0.39, 0.29) is 0 Å². The molecule has 0 fully saturated rings. The lowest BCUT2D eigenvalue weighted by Crippen LogP contribution is -2.16. The van der Waals surface area contributed by atoms with E-state index in [1.165, 1.54) is 0 Å². The first-order valence-electron chi connectivity index (χ1n) is 3.76. The van der Waals surface area contributed by atoms with E-state index in [0.29, 0.717) is 0 Å². The molecule has 0 saturated carbocycles. The molecule has 0 aliphatic carbocycles. The Bertz CT molecular complexity index is 444. The van der Waals surface area contributed by atoms with E-state index in [4.69, 9.17) is 11.6 Å². The van der Waals surface area contributed by atoms with Gasteiger partial charge in [0.1, 0.15) is 5.02 Å². The van der Waals surface area contributed by atoms with Crippen LogP contribution in [0.2, 0.25) is 5.02 Å². The summed E-state index contributed by atoms with van der Waals surface area (Å²) < 4.78 is 29.1. The number of halogens is 3. The number of alkyl halides is 2. The molecule has 0 atom stereocenters. The van der Waals surface area contributed by atoms with Crippen LogP contribution in [-0.2, 0) is 4.74 Å². The first kappa shape index (κ1) is 11.6. The van der Waals surface area contributed by atoms with Crippen LogP contribution in [0.3, 0.4) is 0 Å². The summed E-state index contributed by atoms with van der Waals surface area (Å²) in [7, 11) is 1.01. The molecule has 1 N–H and O–H groups in total. The van der Waals surface area contributed by atoms with Gasteiger partial charge in [-0.15, -0.1) is 0 Å². The average molecular weight is 238 g/mol. The molecule has 4 nitrogen and oxygen atoms in total. The zero-order valence-electron chi connectivity index (χ0n) is 7.51. The van der Waals surface area contributed by atoms with E-state index in [1.807, 2.05) is 4.98 Å². The third-order valence-corrected chi connectivity index (χ3v) is 2.05. The average Bonchev–Trinajstić information content (AvgIpc) is 2.20. The molecule has 0 radical (unpaired) electrons. The van der Waals surface area contributed by atoms with Crippen LogP contribution in [0, 0.1) is 0 Å². The quantitative estimate of drug-likeness (QED) is 0.798. The molecule has 1 heterocycles. The number of H-pyrrole nitrogens is 1. The van der Waals surface area contributed by atoms with Gasteiger partial charge in [0.25, 0.3) is 12.0 Å². The summed E-state index contributed by atoms with van der Waals surface area (Å²) in [6, 6.07) is 0. The molecule has 0 bridgehead atoms. The fourth-order valence-corrected chi connectivity index (χ4v) is 1.24. The normalized spacial score (nSPS) is 10.5. The number of aromatic amines is 1. The van der Waals surface area contributed by atoms with Gasteiger partial charge in [-0.25, -0.2) is 13.6 Å². The molecule has 0 aliphatic rings. The molecular formula is C8H6ClF2NO3. The maximum atomic E-state index is 12.4. The molecule has 0 spiro atoms. The number of rotatable bonds is 2. The van der Waals surface area contributed by atoms with Crippen molar-refractivity contribution >= 4 is 17.6 Å². The Morgan fingerprint density at radius 2 is 2.20 bits per heavy atom. The highest BCUT2D eigenvalue weighted by molar-refractivity contribution is 6.33. The van der Waals surface area contributed by atoms with Crippen LogP contribution in [-0.4, -0.2) is 18.1 Å². The summed E-state index contributed by atoms with van der Waals surface area (Å²) >= 11 is 5.44. The Morgan fingerprint density at radius 3 is 2.67 bits per heavy atom. The summed E-state index contributed by atoms with van der Waals surface area (Å²) in [5.74, 6) is -1.07. The van der Waals surface area contributed by atoms with Crippen LogP contribution in [0.1, 0.15) is 22.3 Å². The van der Waals surface area contributed by atoms with Crippen LogP contribution >= 0.6 is 11.6 Å². The SMILES string of the molecule is COC(=O)c1c(C(F)F)c[nH]c(=O)c1Cl. The minimum Gasteiger partial charge on any atom is -0.465 e. The summed E-state index contributed by atoms with van der Waals surface area (Å²) in [6.07, 6.45) is -2.18. The van der Waals surface area contributed by atoms with Crippen LogP contribution in [0.25, 0.3) is 0 Å². The molecule has 0 amide bonds. The summed E-state index contributed by atoms with van der Waals surface area (Å²) in [4.78, 5) is 24.1. The predicted molar refractivity (Wildman–Crippen MR) is 48.4 cm³/mol. The maximum absolute atomic E-state index is 12.4. The third-order valence-electron chi connectivity index (χ3n) is 1.69. The molecule has 0 aliphatic heterocycles. The van der Waals surface area contributed by atoms with Crippen molar-refractivity contribution in [3.63, 3.8) is 0 Å². The number of methoxy groups -OCH3 is 1. The molecule has 1 rings (SSSR count). The van der Waals surface area contributed by atoms with Gasteiger partial charge in [0.2, 0.25) is 0 Å². The molecule has 15 heavy (non-hydrogen) atoms. The zero-order valence-corrected chi connectivity index (χ0v) is 8.27. The number of ether oxygens (including phenoxy) is 1. The molecule has 1 aromatic heterocycles. The van der Waals surface area contributed by atoms with Crippen molar-refractivity contribution in [1.29, 1.82) is 0 Å². The Morgan fingerprint density at radius 1 is 1.60 bits per heavy atom. The molecule has 0 unspecified atom stereocenters. The Hall–Kier alpha value is -1.43. The topological polar surface area (TPSA) is 59.2 Å². The van der Waals surface area contributed by atoms with Crippen LogP contribution in [0.5, 0.6) is 0 Å². The van der Waals surface area contributed by atoms with Crippen molar-refractivity contribution in [3.05, 3.63) is 32.7 Å². The van der Waals surface area contributed by atoms with Gasteiger partial charge < -0.3 is 9.72 Å². The van der Waals surface area contributed by atoms with Gasteiger partial charge in [0.05, 0.1) is 18.2 Å². The lowest BCUT2D eigenvalue weighted by molar-refractivity contribution is 0.0589. The zero-order chi connectivity index (χ0) is 11.6. The summed E-state index contributed by atoms with van der Waals surface area (Å²) in [6.45, 7) is 0. The third kappa shape index (κ3) is 2.15. The van der Waals surface area contributed by atoms with Crippen LogP contribution in [0.15, 0.2) is 11.0 Å². The highest BCUT2D eigenvalue weighted by atomic mass is 35.5. The van der Waals surface area contributed by atoms with E-state index < -0.39 is 34.1 Å².